The molecule has 1 fully saturated rings. The number of hydrogen-bond donors (Lipinski definition) is 1. The van der Waals surface area contributed by atoms with E-state index >= 15 is 0 Å². The highest BCUT2D eigenvalue weighted by Gasteiger charge is 2.32. The fourth-order valence-electron chi connectivity index (χ4n) is 2.70. The lowest BCUT2D eigenvalue weighted by atomic mass is 10.1. The second kappa shape index (κ2) is 5.29. The summed E-state index contributed by atoms with van der Waals surface area (Å²) in [5.41, 5.74) is 1.38. The Hall–Kier alpha value is -1.07. The Morgan fingerprint density at radius 1 is 1.48 bits per heavy atom. The van der Waals surface area contributed by atoms with Crippen LogP contribution in [0.4, 0.5) is 5.82 Å². The SMILES string of the molecule is CC(C1CC1)N(C)c1nc2sccn2c1CNC(C)(C)C. The first-order valence-corrected chi connectivity index (χ1v) is 8.67. The summed E-state index contributed by atoms with van der Waals surface area (Å²) >= 11 is 1.71. The predicted octanol–water partition coefficient (Wildman–Crippen LogP) is 3.52. The third-order valence-electron chi connectivity index (χ3n) is 4.38. The van der Waals surface area contributed by atoms with Gasteiger partial charge in [-0.15, -0.1) is 11.3 Å². The monoisotopic (exact) mass is 306 g/mol. The number of nitrogens with one attached hydrogen (secondary N) is 1. The van der Waals surface area contributed by atoms with Crippen molar-refractivity contribution in [3.05, 3.63) is 17.3 Å². The molecule has 0 amide bonds. The van der Waals surface area contributed by atoms with Crippen LogP contribution in [-0.2, 0) is 6.54 Å². The molecule has 2 aromatic rings. The van der Waals surface area contributed by atoms with Gasteiger partial charge in [-0.2, -0.15) is 0 Å². The third-order valence-corrected chi connectivity index (χ3v) is 5.13. The minimum absolute atomic E-state index is 0.109. The van der Waals surface area contributed by atoms with Gasteiger partial charge in [0.05, 0.1) is 5.69 Å². The largest absolute Gasteiger partial charge is 0.355 e. The Kier molecular flexibility index (Phi) is 3.74. The summed E-state index contributed by atoms with van der Waals surface area (Å²) in [6, 6.07) is 0.572. The van der Waals surface area contributed by atoms with Crippen molar-refractivity contribution in [1.82, 2.24) is 14.7 Å². The van der Waals surface area contributed by atoms with Gasteiger partial charge in [-0.3, -0.25) is 4.40 Å². The number of rotatable bonds is 5. The zero-order chi connectivity index (χ0) is 15.2. The lowest BCUT2D eigenvalue weighted by Crippen LogP contribution is -2.37. The fourth-order valence-corrected chi connectivity index (χ4v) is 3.43. The van der Waals surface area contributed by atoms with Crippen molar-refractivity contribution in [2.45, 2.75) is 58.7 Å². The number of fused-ring (bicyclic) bond motifs is 1. The molecule has 1 atom stereocenters. The number of imidazole rings is 1. The molecule has 0 aliphatic heterocycles. The Morgan fingerprint density at radius 3 is 2.81 bits per heavy atom. The van der Waals surface area contributed by atoms with E-state index in [0.717, 1.165) is 23.2 Å². The Morgan fingerprint density at radius 2 is 2.19 bits per heavy atom. The van der Waals surface area contributed by atoms with Gasteiger partial charge in [0.15, 0.2) is 10.8 Å². The molecule has 1 N–H and O–H groups in total. The van der Waals surface area contributed by atoms with E-state index < -0.39 is 0 Å². The van der Waals surface area contributed by atoms with Crippen LogP contribution in [0.3, 0.4) is 0 Å². The summed E-state index contributed by atoms with van der Waals surface area (Å²) in [5.74, 6) is 1.98. The second-order valence-corrected chi connectivity index (χ2v) is 8.10. The minimum Gasteiger partial charge on any atom is -0.355 e. The molecule has 4 nitrogen and oxygen atoms in total. The summed E-state index contributed by atoms with van der Waals surface area (Å²) in [7, 11) is 2.19. The molecule has 0 spiro atoms. The quantitative estimate of drug-likeness (QED) is 0.917. The van der Waals surface area contributed by atoms with Crippen LogP contribution < -0.4 is 10.2 Å². The van der Waals surface area contributed by atoms with E-state index in [4.69, 9.17) is 4.98 Å². The molecule has 116 valence electrons. The highest BCUT2D eigenvalue weighted by Crippen LogP contribution is 2.37. The Labute approximate surface area is 131 Å². The first kappa shape index (κ1) is 14.9. The highest BCUT2D eigenvalue weighted by molar-refractivity contribution is 7.15. The second-order valence-electron chi connectivity index (χ2n) is 7.23. The number of anilines is 1. The third kappa shape index (κ3) is 3.09. The summed E-state index contributed by atoms with van der Waals surface area (Å²) in [4.78, 5) is 8.33. The molecule has 0 radical (unpaired) electrons. The van der Waals surface area contributed by atoms with Gasteiger partial charge in [0.2, 0.25) is 0 Å². The molecule has 1 unspecified atom stereocenters. The molecule has 2 aromatic heterocycles. The van der Waals surface area contributed by atoms with Crippen LogP contribution >= 0.6 is 11.3 Å². The van der Waals surface area contributed by atoms with Crippen LogP contribution in [0, 0.1) is 5.92 Å². The zero-order valence-corrected chi connectivity index (χ0v) is 14.5. The van der Waals surface area contributed by atoms with Crippen molar-refractivity contribution in [2.24, 2.45) is 5.92 Å². The lowest BCUT2D eigenvalue weighted by molar-refractivity contribution is 0.420. The van der Waals surface area contributed by atoms with E-state index in [0.29, 0.717) is 6.04 Å². The maximum absolute atomic E-state index is 4.87. The molecule has 1 aliphatic rings. The smallest absolute Gasteiger partial charge is 0.195 e. The van der Waals surface area contributed by atoms with Crippen LogP contribution in [0.15, 0.2) is 11.6 Å². The van der Waals surface area contributed by atoms with E-state index in [1.807, 2.05) is 0 Å². The molecule has 0 aromatic carbocycles. The topological polar surface area (TPSA) is 32.6 Å². The molecule has 3 rings (SSSR count). The van der Waals surface area contributed by atoms with E-state index in [1.54, 1.807) is 11.3 Å². The van der Waals surface area contributed by atoms with Gasteiger partial charge in [0.25, 0.3) is 0 Å². The van der Waals surface area contributed by atoms with Crippen LogP contribution in [-0.4, -0.2) is 28.0 Å². The van der Waals surface area contributed by atoms with Gasteiger partial charge < -0.3 is 10.2 Å². The van der Waals surface area contributed by atoms with Crippen LogP contribution in [0.25, 0.3) is 4.96 Å². The van der Waals surface area contributed by atoms with Gasteiger partial charge in [0.1, 0.15) is 0 Å². The fraction of sp³-hybridized carbons (Fsp3) is 0.688. The standard InChI is InChI=1S/C16H26N4S/c1-11(12-6-7-12)19(5)14-13(10-17-16(2,3)4)20-8-9-21-15(20)18-14/h8-9,11-12,17H,6-7,10H2,1-5H3. The van der Waals surface area contributed by atoms with Crippen molar-refractivity contribution >= 4 is 22.1 Å². The first-order chi connectivity index (χ1) is 9.87. The molecule has 5 heteroatoms. The Bertz CT molecular complexity index is 618. The molecular weight excluding hydrogens is 280 g/mol. The maximum Gasteiger partial charge on any atom is 0.195 e. The molecule has 0 saturated heterocycles. The zero-order valence-electron chi connectivity index (χ0n) is 13.7. The highest BCUT2D eigenvalue weighted by atomic mass is 32.1. The van der Waals surface area contributed by atoms with Crippen LogP contribution in [0.2, 0.25) is 0 Å². The van der Waals surface area contributed by atoms with E-state index in [2.05, 4.69) is 60.9 Å². The van der Waals surface area contributed by atoms with Crippen LogP contribution in [0.5, 0.6) is 0 Å². The molecular formula is C16H26N4S. The van der Waals surface area contributed by atoms with Gasteiger partial charge in [-0.25, -0.2) is 4.98 Å². The van der Waals surface area contributed by atoms with E-state index in [1.165, 1.54) is 18.5 Å². The first-order valence-electron chi connectivity index (χ1n) is 7.79. The van der Waals surface area contributed by atoms with Gasteiger partial charge in [-0.05, 0) is 46.5 Å². The molecule has 2 heterocycles. The van der Waals surface area contributed by atoms with Crippen molar-refractivity contribution in [3.63, 3.8) is 0 Å². The molecule has 0 bridgehead atoms. The Balaban J connectivity index is 1.91. The van der Waals surface area contributed by atoms with E-state index in [-0.39, 0.29) is 5.54 Å². The summed E-state index contributed by atoms with van der Waals surface area (Å²) in [6.07, 6.45) is 4.86. The van der Waals surface area contributed by atoms with Crippen molar-refractivity contribution in [1.29, 1.82) is 0 Å². The number of hydrogen-bond acceptors (Lipinski definition) is 4. The van der Waals surface area contributed by atoms with Gasteiger partial charge in [0, 0.05) is 36.8 Å². The van der Waals surface area contributed by atoms with Crippen LogP contribution in [0.1, 0.15) is 46.2 Å². The normalized spacial score (nSPS) is 17.4. The summed E-state index contributed by atoms with van der Waals surface area (Å²) in [5, 5.41) is 5.71. The minimum atomic E-state index is 0.109. The average Bonchev–Trinajstić information content (AvgIpc) is 3.05. The summed E-state index contributed by atoms with van der Waals surface area (Å²) in [6.45, 7) is 9.78. The van der Waals surface area contributed by atoms with Crippen molar-refractivity contribution < 1.29 is 0 Å². The molecule has 21 heavy (non-hydrogen) atoms. The number of thiazole rings is 1. The van der Waals surface area contributed by atoms with E-state index in [9.17, 15) is 0 Å². The predicted molar refractivity (Wildman–Crippen MR) is 90.3 cm³/mol. The number of nitrogens with zero attached hydrogens (tertiary/aromatic N) is 3. The maximum atomic E-state index is 4.87. The average molecular weight is 306 g/mol. The number of aromatic nitrogens is 2. The summed E-state index contributed by atoms with van der Waals surface area (Å²) < 4.78 is 2.23. The molecule has 1 saturated carbocycles. The molecule has 1 aliphatic carbocycles. The van der Waals surface area contributed by atoms with Gasteiger partial charge in [-0.1, -0.05) is 0 Å². The van der Waals surface area contributed by atoms with Crippen molar-refractivity contribution in [2.75, 3.05) is 11.9 Å². The van der Waals surface area contributed by atoms with Crippen molar-refractivity contribution in [3.8, 4) is 0 Å². The van der Waals surface area contributed by atoms with Gasteiger partial charge >= 0.3 is 0 Å². The lowest BCUT2D eigenvalue weighted by Gasteiger charge is -2.27.